The van der Waals surface area contributed by atoms with Gasteiger partial charge in [0, 0.05) is 37.3 Å². The Bertz CT molecular complexity index is 1050. The number of amides is 2. The van der Waals surface area contributed by atoms with Crippen molar-refractivity contribution >= 4 is 11.8 Å². The largest absolute Gasteiger partial charge is 0.493 e. The molecule has 2 aliphatic rings. The van der Waals surface area contributed by atoms with Gasteiger partial charge in [-0.3, -0.25) is 9.59 Å². The molecular formula is C25H28N2O6. The molecule has 2 aromatic carbocycles. The molecule has 0 unspecified atom stereocenters. The van der Waals surface area contributed by atoms with Crippen LogP contribution in [0.3, 0.4) is 0 Å². The number of fused-ring (bicyclic) bond motifs is 1. The third-order valence-corrected chi connectivity index (χ3v) is 5.83. The molecule has 4 rings (SSSR count). The quantitative estimate of drug-likeness (QED) is 0.627. The van der Waals surface area contributed by atoms with Gasteiger partial charge in [-0.2, -0.15) is 0 Å². The number of nitrogens with zero attached hydrogens (tertiary/aromatic N) is 2. The fourth-order valence-corrected chi connectivity index (χ4v) is 4.13. The van der Waals surface area contributed by atoms with Crippen LogP contribution in [-0.4, -0.2) is 74.7 Å². The van der Waals surface area contributed by atoms with Crippen LogP contribution in [-0.2, 0) is 11.2 Å². The van der Waals surface area contributed by atoms with Crippen molar-refractivity contribution in [1.82, 2.24) is 9.80 Å². The first-order valence-electron chi connectivity index (χ1n) is 10.9. The highest BCUT2D eigenvalue weighted by atomic mass is 16.6. The summed E-state index contributed by atoms with van der Waals surface area (Å²) in [7, 11) is 3.12. The molecule has 0 radical (unpaired) electrons. The van der Waals surface area contributed by atoms with Crippen LogP contribution in [0.5, 0.6) is 23.0 Å². The molecule has 0 saturated carbocycles. The molecular weight excluding hydrogens is 424 g/mol. The summed E-state index contributed by atoms with van der Waals surface area (Å²) in [6.45, 7) is 5.67. The normalized spacial score (nSPS) is 17.3. The standard InChI is InChI=1S/C25H28N2O6/c1-4-7-17-14-18(15-21(30-2)23(17)31-3)24(28)26-10-12-27(13-11-26)25(29)22-16-32-19-8-5-6-9-20(19)33-22/h4-6,8-9,14-15,22H,1,7,10-13,16H2,2-3H3/t22-/m1/s1. The summed E-state index contributed by atoms with van der Waals surface area (Å²) in [5, 5.41) is 0. The molecule has 0 bridgehead atoms. The molecule has 8 heteroatoms. The minimum Gasteiger partial charge on any atom is -0.493 e. The molecule has 2 amide bonds. The number of carbonyl (C=O) groups excluding carboxylic acids is 2. The molecule has 2 heterocycles. The highest BCUT2D eigenvalue weighted by Crippen LogP contribution is 2.34. The SMILES string of the molecule is C=CCc1cc(C(=O)N2CCN(C(=O)[C@H]3COc4ccccc4O3)CC2)cc(OC)c1OC. The zero-order valence-corrected chi connectivity index (χ0v) is 18.9. The van der Waals surface area contributed by atoms with E-state index in [1.54, 1.807) is 42.2 Å². The number of rotatable bonds is 6. The van der Waals surface area contributed by atoms with Crippen molar-refractivity contribution in [2.24, 2.45) is 0 Å². The number of carbonyl (C=O) groups is 2. The Labute approximate surface area is 193 Å². The number of piperazine rings is 1. The Morgan fingerprint density at radius 2 is 1.76 bits per heavy atom. The van der Waals surface area contributed by atoms with Gasteiger partial charge in [-0.25, -0.2) is 0 Å². The predicted molar refractivity (Wildman–Crippen MR) is 122 cm³/mol. The maximum atomic E-state index is 13.2. The van der Waals surface area contributed by atoms with Crippen LogP contribution < -0.4 is 18.9 Å². The monoisotopic (exact) mass is 452 g/mol. The Kier molecular flexibility index (Phi) is 6.72. The van der Waals surface area contributed by atoms with E-state index >= 15 is 0 Å². The van der Waals surface area contributed by atoms with Crippen LogP contribution in [0.1, 0.15) is 15.9 Å². The number of benzene rings is 2. The zero-order chi connectivity index (χ0) is 23.4. The minimum absolute atomic E-state index is 0.112. The average Bonchev–Trinajstić information content (AvgIpc) is 2.87. The van der Waals surface area contributed by atoms with Crippen LogP contribution in [0.2, 0.25) is 0 Å². The van der Waals surface area contributed by atoms with E-state index in [1.807, 2.05) is 24.3 Å². The number of ether oxygens (including phenoxy) is 4. The van der Waals surface area contributed by atoms with E-state index in [0.29, 0.717) is 61.2 Å². The first-order valence-corrected chi connectivity index (χ1v) is 10.9. The third-order valence-electron chi connectivity index (χ3n) is 5.83. The number of hydrogen-bond donors (Lipinski definition) is 0. The maximum Gasteiger partial charge on any atom is 0.267 e. The van der Waals surface area contributed by atoms with Gasteiger partial charge in [0.25, 0.3) is 11.8 Å². The van der Waals surface area contributed by atoms with Gasteiger partial charge in [0.05, 0.1) is 14.2 Å². The summed E-state index contributed by atoms with van der Waals surface area (Å²) in [4.78, 5) is 29.6. The summed E-state index contributed by atoms with van der Waals surface area (Å²) in [6.07, 6.45) is 1.62. The Morgan fingerprint density at radius 1 is 1.06 bits per heavy atom. The van der Waals surface area contributed by atoms with Crippen molar-refractivity contribution in [3.05, 3.63) is 60.2 Å². The third kappa shape index (κ3) is 4.60. The smallest absolute Gasteiger partial charge is 0.267 e. The molecule has 1 fully saturated rings. The fraction of sp³-hybridized carbons (Fsp3) is 0.360. The van der Waals surface area contributed by atoms with Crippen LogP contribution in [0, 0.1) is 0 Å². The average molecular weight is 453 g/mol. The molecule has 2 aliphatic heterocycles. The second-order valence-electron chi connectivity index (χ2n) is 7.85. The van der Waals surface area contributed by atoms with Gasteiger partial charge in [0.15, 0.2) is 23.0 Å². The number of methoxy groups -OCH3 is 2. The first kappa shape index (κ1) is 22.5. The van der Waals surface area contributed by atoms with Crippen molar-refractivity contribution in [1.29, 1.82) is 0 Å². The molecule has 33 heavy (non-hydrogen) atoms. The molecule has 174 valence electrons. The minimum atomic E-state index is -0.686. The zero-order valence-electron chi connectivity index (χ0n) is 18.9. The van der Waals surface area contributed by atoms with Gasteiger partial charge < -0.3 is 28.7 Å². The number of hydrogen-bond acceptors (Lipinski definition) is 6. The molecule has 8 nitrogen and oxygen atoms in total. The van der Waals surface area contributed by atoms with Crippen molar-refractivity contribution in [3.8, 4) is 23.0 Å². The summed E-state index contributed by atoms with van der Waals surface area (Å²) in [5.41, 5.74) is 1.35. The highest BCUT2D eigenvalue weighted by Gasteiger charge is 2.33. The molecule has 0 spiro atoms. The van der Waals surface area contributed by atoms with Gasteiger partial charge in [0.2, 0.25) is 6.10 Å². The van der Waals surface area contributed by atoms with Crippen molar-refractivity contribution in [3.63, 3.8) is 0 Å². The topological polar surface area (TPSA) is 77.5 Å². The summed E-state index contributed by atoms with van der Waals surface area (Å²) >= 11 is 0. The van der Waals surface area contributed by atoms with Gasteiger partial charge >= 0.3 is 0 Å². The summed E-state index contributed by atoms with van der Waals surface area (Å²) in [6, 6.07) is 10.8. The lowest BCUT2D eigenvalue weighted by Crippen LogP contribution is -2.55. The van der Waals surface area contributed by atoms with E-state index in [0.717, 1.165) is 5.56 Å². The Balaban J connectivity index is 1.41. The molecule has 1 saturated heterocycles. The van der Waals surface area contributed by atoms with Gasteiger partial charge in [-0.15, -0.1) is 6.58 Å². The van der Waals surface area contributed by atoms with Crippen LogP contribution in [0.4, 0.5) is 0 Å². The highest BCUT2D eigenvalue weighted by molar-refractivity contribution is 5.95. The Morgan fingerprint density at radius 3 is 2.42 bits per heavy atom. The van der Waals surface area contributed by atoms with E-state index in [1.165, 1.54) is 0 Å². The van der Waals surface area contributed by atoms with Gasteiger partial charge in [-0.1, -0.05) is 18.2 Å². The van der Waals surface area contributed by atoms with E-state index < -0.39 is 6.10 Å². The maximum absolute atomic E-state index is 13.2. The van der Waals surface area contributed by atoms with E-state index in [9.17, 15) is 9.59 Å². The Hall–Kier alpha value is -3.68. The lowest BCUT2D eigenvalue weighted by Gasteiger charge is -2.37. The van der Waals surface area contributed by atoms with Crippen LogP contribution in [0.15, 0.2) is 49.1 Å². The van der Waals surface area contributed by atoms with Crippen molar-refractivity contribution < 1.29 is 28.5 Å². The fourth-order valence-electron chi connectivity index (χ4n) is 4.13. The molecule has 1 atom stereocenters. The van der Waals surface area contributed by atoms with Gasteiger partial charge in [-0.05, 0) is 30.7 Å². The molecule has 0 aromatic heterocycles. The molecule has 2 aromatic rings. The lowest BCUT2D eigenvalue weighted by atomic mass is 10.0. The number of allylic oxidation sites excluding steroid dienone is 1. The van der Waals surface area contributed by atoms with E-state index in [2.05, 4.69) is 6.58 Å². The van der Waals surface area contributed by atoms with E-state index in [-0.39, 0.29) is 18.4 Å². The van der Waals surface area contributed by atoms with E-state index in [4.69, 9.17) is 18.9 Å². The first-order chi connectivity index (χ1) is 16.0. The van der Waals surface area contributed by atoms with Crippen LogP contribution in [0.25, 0.3) is 0 Å². The van der Waals surface area contributed by atoms with Crippen LogP contribution >= 0.6 is 0 Å². The molecule has 0 N–H and O–H groups in total. The van der Waals surface area contributed by atoms with Crippen molar-refractivity contribution in [2.45, 2.75) is 12.5 Å². The second kappa shape index (κ2) is 9.85. The molecule has 0 aliphatic carbocycles. The predicted octanol–water partition coefficient (Wildman–Crippen LogP) is 2.56. The summed E-state index contributed by atoms with van der Waals surface area (Å²) in [5.74, 6) is 2.07. The lowest BCUT2D eigenvalue weighted by molar-refractivity contribution is -0.142. The second-order valence-corrected chi connectivity index (χ2v) is 7.85. The van der Waals surface area contributed by atoms with Crippen molar-refractivity contribution in [2.75, 3.05) is 47.0 Å². The summed E-state index contributed by atoms with van der Waals surface area (Å²) < 4.78 is 22.4. The van der Waals surface area contributed by atoms with Gasteiger partial charge in [0.1, 0.15) is 6.61 Å². The number of para-hydroxylation sites is 2.